The lowest BCUT2D eigenvalue weighted by Gasteiger charge is -2.21. The maximum absolute atomic E-state index is 12.0. The van der Waals surface area contributed by atoms with E-state index in [9.17, 15) is 4.79 Å². The summed E-state index contributed by atoms with van der Waals surface area (Å²) in [6.45, 7) is 2.13. The fourth-order valence-corrected chi connectivity index (χ4v) is 4.41. The van der Waals surface area contributed by atoms with Crippen molar-refractivity contribution in [1.82, 2.24) is 4.98 Å². The Labute approximate surface area is 134 Å². The van der Waals surface area contributed by atoms with E-state index >= 15 is 0 Å². The average Bonchev–Trinajstić information content (AvgIpc) is 3.13. The maximum Gasteiger partial charge on any atom is 0.229 e. The summed E-state index contributed by atoms with van der Waals surface area (Å²) < 4.78 is 0. The summed E-state index contributed by atoms with van der Waals surface area (Å²) in [5.74, 6) is 1.48. The van der Waals surface area contributed by atoms with Crippen molar-refractivity contribution in [2.45, 2.75) is 38.5 Å². The molecule has 1 aromatic carbocycles. The van der Waals surface area contributed by atoms with Crippen LogP contribution in [0, 0.1) is 11.8 Å². The zero-order chi connectivity index (χ0) is 15.1. The van der Waals surface area contributed by atoms with Gasteiger partial charge in [0.2, 0.25) is 5.91 Å². The Hall–Kier alpha value is -1.68. The molecule has 4 heteroatoms. The number of rotatable bonds is 3. The molecule has 114 valence electrons. The molecule has 2 aromatic rings. The number of carbonyl (C=O) groups excluding carboxylic acids is 1. The van der Waals surface area contributed by atoms with Crippen molar-refractivity contribution in [3.8, 4) is 0 Å². The van der Waals surface area contributed by atoms with Crippen molar-refractivity contribution in [1.29, 1.82) is 0 Å². The number of anilines is 1. The normalized spacial score (nSPS) is 26.3. The summed E-state index contributed by atoms with van der Waals surface area (Å²) >= 11 is 1.67. The Kier molecular flexibility index (Phi) is 3.49. The SMILES string of the molecule is C[C@@H]1C[C@@H]1C(=O)Nc1nc2c(s1)C[C@@H](c1ccccc1)CC2. The van der Waals surface area contributed by atoms with Crippen LogP contribution in [0.5, 0.6) is 0 Å². The minimum Gasteiger partial charge on any atom is -0.302 e. The highest BCUT2D eigenvalue weighted by Crippen LogP contribution is 2.40. The first-order valence-electron chi connectivity index (χ1n) is 8.05. The number of hydrogen-bond acceptors (Lipinski definition) is 3. The third-order valence-electron chi connectivity index (χ3n) is 4.89. The fourth-order valence-electron chi connectivity index (χ4n) is 3.32. The zero-order valence-corrected chi connectivity index (χ0v) is 13.5. The van der Waals surface area contributed by atoms with Crippen molar-refractivity contribution in [3.05, 3.63) is 46.5 Å². The first kappa shape index (κ1) is 13.9. The quantitative estimate of drug-likeness (QED) is 0.930. The molecular weight excluding hydrogens is 292 g/mol. The van der Waals surface area contributed by atoms with Crippen LogP contribution in [0.1, 0.15) is 41.8 Å². The smallest absolute Gasteiger partial charge is 0.229 e. The molecule has 0 aliphatic heterocycles. The van der Waals surface area contributed by atoms with E-state index in [-0.39, 0.29) is 11.8 Å². The second-order valence-electron chi connectivity index (χ2n) is 6.55. The number of carbonyl (C=O) groups is 1. The minimum absolute atomic E-state index is 0.151. The Morgan fingerprint density at radius 3 is 2.82 bits per heavy atom. The van der Waals surface area contributed by atoms with Gasteiger partial charge in [0.15, 0.2) is 5.13 Å². The van der Waals surface area contributed by atoms with Crippen LogP contribution in [0.4, 0.5) is 5.13 Å². The standard InChI is InChI=1S/C18H20N2OS/c1-11-9-14(11)17(21)20-18-19-15-8-7-13(10-16(15)22-18)12-5-3-2-4-6-12/h2-6,11,13-14H,7-10H2,1H3,(H,19,20,21)/t11-,13+,14+/m1/s1. The zero-order valence-electron chi connectivity index (χ0n) is 12.7. The van der Waals surface area contributed by atoms with Crippen LogP contribution in [-0.2, 0) is 17.6 Å². The predicted octanol–water partition coefficient (Wildman–Crippen LogP) is 4.01. The van der Waals surface area contributed by atoms with Gasteiger partial charge >= 0.3 is 0 Å². The number of benzene rings is 1. The van der Waals surface area contributed by atoms with Crippen molar-refractivity contribution in [2.24, 2.45) is 11.8 Å². The van der Waals surface area contributed by atoms with E-state index in [1.807, 2.05) is 0 Å². The summed E-state index contributed by atoms with van der Waals surface area (Å²) in [6, 6.07) is 10.7. The van der Waals surface area contributed by atoms with E-state index in [4.69, 9.17) is 0 Å². The average molecular weight is 312 g/mol. The fraction of sp³-hybridized carbons (Fsp3) is 0.444. The summed E-state index contributed by atoms with van der Waals surface area (Å²) in [6.07, 6.45) is 4.23. The van der Waals surface area contributed by atoms with Crippen LogP contribution in [0.3, 0.4) is 0 Å². The predicted molar refractivity (Wildman–Crippen MR) is 89.2 cm³/mol. The Morgan fingerprint density at radius 1 is 1.32 bits per heavy atom. The summed E-state index contributed by atoms with van der Waals surface area (Å²) in [5, 5.41) is 3.81. The summed E-state index contributed by atoms with van der Waals surface area (Å²) in [4.78, 5) is 18.0. The molecule has 22 heavy (non-hydrogen) atoms. The van der Waals surface area contributed by atoms with Crippen LogP contribution in [-0.4, -0.2) is 10.9 Å². The van der Waals surface area contributed by atoms with Crippen molar-refractivity contribution >= 4 is 22.4 Å². The van der Waals surface area contributed by atoms with Gasteiger partial charge in [0.05, 0.1) is 5.69 Å². The molecular formula is C18H20N2OS. The molecule has 2 aliphatic carbocycles. The molecule has 1 amide bonds. The molecule has 0 radical (unpaired) electrons. The number of aromatic nitrogens is 1. The van der Waals surface area contributed by atoms with Gasteiger partial charge in [-0.05, 0) is 43.1 Å². The lowest BCUT2D eigenvalue weighted by molar-refractivity contribution is -0.117. The topological polar surface area (TPSA) is 42.0 Å². The number of hydrogen-bond donors (Lipinski definition) is 1. The minimum atomic E-state index is 0.151. The van der Waals surface area contributed by atoms with Gasteiger partial charge in [-0.3, -0.25) is 4.79 Å². The Bertz CT molecular complexity index is 694. The first-order chi connectivity index (χ1) is 10.7. The van der Waals surface area contributed by atoms with Crippen molar-refractivity contribution in [3.63, 3.8) is 0 Å². The van der Waals surface area contributed by atoms with E-state index in [2.05, 4.69) is 47.6 Å². The Balaban J connectivity index is 1.47. The number of aryl methyl sites for hydroxylation is 1. The first-order valence-corrected chi connectivity index (χ1v) is 8.86. The van der Waals surface area contributed by atoms with Crippen molar-refractivity contribution < 1.29 is 4.79 Å². The molecule has 1 heterocycles. The number of amides is 1. The molecule has 1 aromatic heterocycles. The van der Waals surface area contributed by atoms with Crippen LogP contribution in [0.2, 0.25) is 0 Å². The van der Waals surface area contributed by atoms with E-state index in [1.165, 1.54) is 16.1 Å². The second-order valence-corrected chi connectivity index (χ2v) is 7.63. The highest BCUT2D eigenvalue weighted by Gasteiger charge is 2.39. The van der Waals surface area contributed by atoms with E-state index in [1.54, 1.807) is 11.3 Å². The molecule has 0 saturated heterocycles. The lowest BCUT2D eigenvalue weighted by Crippen LogP contribution is -2.14. The summed E-state index contributed by atoms with van der Waals surface area (Å²) in [7, 11) is 0. The monoisotopic (exact) mass is 312 g/mol. The molecule has 0 bridgehead atoms. The molecule has 2 aliphatic rings. The highest BCUT2D eigenvalue weighted by atomic mass is 32.1. The van der Waals surface area contributed by atoms with Gasteiger partial charge in [-0.15, -0.1) is 11.3 Å². The van der Waals surface area contributed by atoms with Gasteiger partial charge in [-0.2, -0.15) is 0 Å². The summed E-state index contributed by atoms with van der Waals surface area (Å²) in [5.41, 5.74) is 2.61. The van der Waals surface area contributed by atoms with E-state index < -0.39 is 0 Å². The van der Waals surface area contributed by atoms with Gasteiger partial charge in [0.1, 0.15) is 0 Å². The molecule has 1 N–H and O–H groups in total. The van der Waals surface area contributed by atoms with Crippen LogP contribution in [0.25, 0.3) is 0 Å². The molecule has 3 nitrogen and oxygen atoms in total. The van der Waals surface area contributed by atoms with Crippen LogP contribution >= 0.6 is 11.3 Å². The van der Waals surface area contributed by atoms with Gasteiger partial charge in [-0.25, -0.2) is 4.98 Å². The molecule has 1 fully saturated rings. The largest absolute Gasteiger partial charge is 0.302 e. The van der Waals surface area contributed by atoms with E-state index in [0.717, 1.165) is 30.8 Å². The lowest BCUT2D eigenvalue weighted by atomic mass is 9.85. The highest BCUT2D eigenvalue weighted by molar-refractivity contribution is 7.15. The van der Waals surface area contributed by atoms with Crippen molar-refractivity contribution in [2.75, 3.05) is 5.32 Å². The van der Waals surface area contributed by atoms with Gasteiger partial charge < -0.3 is 5.32 Å². The molecule has 3 atom stereocenters. The number of thiazole rings is 1. The third-order valence-corrected chi connectivity index (χ3v) is 5.92. The number of nitrogens with one attached hydrogen (secondary N) is 1. The second kappa shape index (κ2) is 5.51. The number of fused-ring (bicyclic) bond motifs is 1. The van der Waals surface area contributed by atoms with Crippen LogP contribution < -0.4 is 5.32 Å². The third kappa shape index (κ3) is 2.68. The number of nitrogens with zero attached hydrogens (tertiary/aromatic N) is 1. The molecule has 1 saturated carbocycles. The van der Waals surface area contributed by atoms with Gasteiger partial charge in [0.25, 0.3) is 0 Å². The molecule has 0 unspecified atom stereocenters. The van der Waals surface area contributed by atoms with E-state index in [0.29, 0.717) is 11.8 Å². The molecule has 0 spiro atoms. The Morgan fingerprint density at radius 2 is 2.09 bits per heavy atom. The maximum atomic E-state index is 12.0. The van der Waals surface area contributed by atoms with Gasteiger partial charge in [-0.1, -0.05) is 37.3 Å². The van der Waals surface area contributed by atoms with Crippen LogP contribution in [0.15, 0.2) is 30.3 Å². The van der Waals surface area contributed by atoms with Gasteiger partial charge in [0, 0.05) is 10.8 Å². The molecule has 4 rings (SSSR count).